The second kappa shape index (κ2) is 1.15. The zero-order chi connectivity index (χ0) is 6.29. The van der Waals surface area contributed by atoms with E-state index in [1.807, 2.05) is 0 Å². The third kappa shape index (κ3) is 0.418. The number of ether oxygens (including phenoxy) is 3. The van der Waals surface area contributed by atoms with Crippen molar-refractivity contribution in [1.29, 1.82) is 0 Å². The molecule has 4 rings (SSSR count). The van der Waals surface area contributed by atoms with E-state index in [0.29, 0.717) is 36.6 Å². The highest BCUT2D eigenvalue weighted by atomic mass is 16.7. The maximum atomic E-state index is 5.42. The van der Waals surface area contributed by atoms with Gasteiger partial charge in [-0.25, -0.2) is 0 Å². The van der Waals surface area contributed by atoms with E-state index in [4.69, 9.17) is 14.2 Å². The predicted molar refractivity (Wildman–Crippen MR) is 30.6 cm³/mol. The molecule has 0 aromatic heterocycles. The summed E-state index contributed by atoms with van der Waals surface area (Å²) in [5.41, 5.74) is 0. The van der Waals surface area contributed by atoms with Crippen molar-refractivity contribution < 1.29 is 14.2 Å². The molecule has 10 heavy (non-hydrogen) atoms. The van der Waals surface area contributed by atoms with Crippen LogP contribution in [0.2, 0.25) is 0 Å². The average molecular weight is 140 g/mol. The lowest BCUT2D eigenvalue weighted by Crippen LogP contribution is -2.06. The Morgan fingerprint density at radius 2 is 1.30 bits per heavy atom. The van der Waals surface area contributed by atoms with Gasteiger partial charge in [0, 0.05) is 6.42 Å². The fourth-order valence-electron chi connectivity index (χ4n) is 2.16. The van der Waals surface area contributed by atoms with Gasteiger partial charge in [-0.3, -0.25) is 0 Å². The monoisotopic (exact) mass is 140 g/mol. The fraction of sp³-hybridized carbons (Fsp3) is 1.00. The number of rotatable bonds is 0. The lowest BCUT2D eigenvalue weighted by atomic mass is 10.2. The standard InChI is InChI=1S/C7H8O3/c1-2-4(8-2)6-7(10-6)5-3(1)9-5/h2-7H,1H2/t2-,3+,4-,5+,6-,7+. The molecule has 0 unspecified atom stereocenters. The van der Waals surface area contributed by atoms with E-state index < -0.39 is 0 Å². The van der Waals surface area contributed by atoms with Crippen LogP contribution in [0.15, 0.2) is 0 Å². The molecule has 54 valence electrons. The van der Waals surface area contributed by atoms with Crippen molar-refractivity contribution in [3.63, 3.8) is 0 Å². The molecular weight excluding hydrogens is 132 g/mol. The molecule has 6 atom stereocenters. The third-order valence-electron chi connectivity index (χ3n) is 2.92. The molecule has 4 aliphatic rings. The molecule has 0 amide bonds. The summed E-state index contributed by atoms with van der Waals surface area (Å²) in [6.07, 6.45) is 3.78. The Morgan fingerprint density at radius 1 is 0.700 bits per heavy atom. The molecule has 1 aliphatic carbocycles. The first-order valence-electron chi connectivity index (χ1n) is 3.90. The molecule has 3 aliphatic heterocycles. The van der Waals surface area contributed by atoms with Crippen LogP contribution in [-0.4, -0.2) is 36.6 Å². The highest BCUT2D eigenvalue weighted by Gasteiger charge is 2.69. The van der Waals surface area contributed by atoms with Crippen molar-refractivity contribution in [2.45, 2.75) is 43.0 Å². The molecular formula is C7H8O3. The average Bonchev–Trinajstić information content (AvgIpc) is 2.62. The molecule has 0 spiro atoms. The van der Waals surface area contributed by atoms with Crippen molar-refractivity contribution in [2.75, 3.05) is 0 Å². The normalized spacial score (nSPS) is 74.4. The van der Waals surface area contributed by atoms with E-state index in [1.54, 1.807) is 0 Å². The Balaban J connectivity index is 1.72. The lowest BCUT2D eigenvalue weighted by Gasteiger charge is -1.84. The second-order valence-electron chi connectivity index (χ2n) is 3.58. The minimum absolute atomic E-state index is 0.405. The maximum Gasteiger partial charge on any atom is 0.116 e. The molecule has 0 aromatic carbocycles. The van der Waals surface area contributed by atoms with Crippen LogP contribution in [-0.2, 0) is 14.2 Å². The van der Waals surface area contributed by atoms with Crippen molar-refractivity contribution >= 4 is 0 Å². The van der Waals surface area contributed by atoms with Gasteiger partial charge in [0.15, 0.2) is 0 Å². The van der Waals surface area contributed by atoms with Crippen LogP contribution in [0.5, 0.6) is 0 Å². The maximum absolute atomic E-state index is 5.42. The third-order valence-corrected chi connectivity index (χ3v) is 2.92. The summed E-state index contributed by atoms with van der Waals surface area (Å²) >= 11 is 0. The molecule has 0 N–H and O–H groups in total. The van der Waals surface area contributed by atoms with Crippen LogP contribution in [0.25, 0.3) is 0 Å². The van der Waals surface area contributed by atoms with Crippen LogP contribution in [0.3, 0.4) is 0 Å². The lowest BCUT2D eigenvalue weighted by molar-refractivity contribution is 0.279. The van der Waals surface area contributed by atoms with E-state index >= 15 is 0 Å². The van der Waals surface area contributed by atoms with Gasteiger partial charge in [0.05, 0.1) is 12.2 Å². The molecule has 0 bridgehead atoms. The Kier molecular flexibility index (Phi) is 0.541. The van der Waals surface area contributed by atoms with Crippen molar-refractivity contribution in [1.82, 2.24) is 0 Å². The summed E-state index contributed by atoms with van der Waals surface area (Å²) < 4.78 is 16.2. The largest absolute Gasteiger partial charge is 0.367 e. The molecule has 0 radical (unpaired) electrons. The quantitative estimate of drug-likeness (QED) is 0.433. The number of hydrogen-bond acceptors (Lipinski definition) is 3. The van der Waals surface area contributed by atoms with Crippen molar-refractivity contribution in [3.05, 3.63) is 0 Å². The molecule has 3 nitrogen and oxygen atoms in total. The van der Waals surface area contributed by atoms with E-state index in [2.05, 4.69) is 0 Å². The van der Waals surface area contributed by atoms with Crippen LogP contribution in [0, 0.1) is 0 Å². The van der Waals surface area contributed by atoms with Gasteiger partial charge in [-0.15, -0.1) is 0 Å². The fourth-order valence-corrected chi connectivity index (χ4v) is 2.16. The molecule has 3 saturated heterocycles. The summed E-state index contributed by atoms with van der Waals surface area (Å²) in [6.45, 7) is 0. The van der Waals surface area contributed by atoms with Gasteiger partial charge in [-0.2, -0.15) is 0 Å². The van der Waals surface area contributed by atoms with Gasteiger partial charge in [0.25, 0.3) is 0 Å². The van der Waals surface area contributed by atoms with Crippen LogP contribution >= 0.6 is 0 Å². The number of epoxide rings is 3. The first-order valence-corrected chi connectivity index (χ1v) is 3.90. The minimum atomic E-state index is 0.405. The Hall–Kier alpha value is -0.120. The zero-order valence-electron chi connectivity index (χ0n) is 5.40. The van der Waals surface area contributed by atoms with E-state index in [1.165, 1.54) is 0 Å². The summed E-state index contributed by atoms with van der Waals surface area (Å²) in [6, 6.07) is 0. The van der Waals surface area contributed by atoms with Gasteiger partial charge < -0.3 is 14.2 Å². The first kappa shape index (κ1) is 4.70. The number of fused-ring (bicyclic) bond motifs is 5. The smallest absolute Gasteiger partial charge is 0.116 e. The predicted octanol–water partition coefficient (Wildman–Crippen LogP) is -0.308. The summed E-state index contributed by atoms with van der Waals surface area (Å²) in [5.74, 6) is 0. The van der Waals surface area contributed by atoms with Gasteiger partial charge in [0.2, 0.25) is 0 Å². The van der Waals surface area contributed by atoms with Gasteiger partial charge in [-0.1, -0.05) is 0 Å². The van der Waals surface area contributed by atoms with Gasteiger partial charge >= 0.3 is 0 Å². The van der Waals surface area contributed by atoms with Crippen LogP contribution in [0.4, 0.5) is 0 Å². The van der Waals surface area contributed by atoms with E-state index in [0.717, 1.165) is 6.42 Å². The summed E-state index contributed by atoms with van der Waals surface area (Å²) in [7, 11) is 0. The second-order valence-corrected chi connectivity index (χ2v) is 3.58. The number of hydrogen-bond donors (Lipinski definition) is 0. The van der Waals surface area contributed by atoms with Crippen LogP contribution < -0.4 is 0 Å². The SMILES string of the molecule is C1[C@@H]2O[C@@H]2[C@@H]2O[C@@H]2[C@@H]2O[C@H]12. The summed E-state index contributed by atoms with van der Waals surface area (Å²) in [4.78, 5) is 0. The molecule has 4 fully saturated rings. The van der Waals surface area contributed by atoms with Crippen molar-refractivity contribution in [3.8, 4) is 0 Å². The van der Waals surface area contributed by atoms with Crippen LogP contribution in [0.1, 0.15) is 6.42 Å². The van der Waals surface area contributed by atoms with Gasteiger partial charge in [-0.05, 0) is 0 Å². The highest BCUT2D eigenvalue weighted by Crippen LogP contribution is 2.52. The molecule has 0 aromatic rings. The van der Waals surface area contributed by atoms with Crippen molar-refractivity contribution in [2.24, 2.45) is 0 Å². The Labute approximate surface area is 58.2 Å². The summed E-state index contributed by atoms with van der Waals surface area (Å²) in [5, 5.41) is 0. The Bertz CT molecular complexity index is 185. The topological polar surface area (TPSA) is 37.6 Å². The highest BCUT2D eigenvalue weighted by molar-refractivity contribution is 5.16. The van der Waals surface area contributed by atoms with E-state index in [-0.39, 0.29) is 0 Å². The Morgan fingerprint density at radius 3 is 1.90 bits per heavy atom. The van der Waals surface area contributed by atoms with Gasteiger partial charge in [0.1, 0.15) is 24.4 Å². The molecule has 1 saturated carbocycles. The molecule has 3 heteroatoms. The first-order chi connectivity index (χ1) is 4.93. The minimum Gasteiger partial charge on any atom is -0.367 e. The molecule has 3 heterocycles. The zero-order valence-corrected chi connectivity index (χ0v) is 5.40. The van der Waals surface area contributed by atoms with E-state index in [9.17, 15) is 0 Å².